The van der Waals surface area contributed by atoms with Crippen LogP contribution in [0.4, 0.5) is 0 Å². The second-order valence-electron chi connectivity index (χ2n) is 7.05. The minimum atomic E-state index is 0.463. The van der Waals surface area contributed by atoms with Crippen LogP contribution < -0.4 is 9.80 Å². The molecule has 0 unspecified atom stereocenters. The molecule has 1 aliphatic rings. The lowest BCUT2D eigenvalue weighted by Gasteiger charge is -2.33. The summed E-state index contributed by atoms with van der Waals surface area (Å²) in [5.74, 6) is 1.79. The van der Waals surface area contributed by atoms with Gasteiger partial charge in [-0.2, -0.15) is 0 Å². The maximum atomic E-state index is 4.40. The molecule has 0 amide bonds. The van der Waals surface area contributed by atoms with E-state index >= 15 is 0 Å². The number of nitrogens with one attached hydrogen (secondary N) is 2. The first kappa shape index (κ1) is 17.3. The fourth-order valence-electron chi connectivity index (χ4n) is 3.43. The number of aryl methyl sites for hydroxylation is 1. The summed E-state index contributed by atoms with van der Waals surface area (Å²) in [7, 11) is 0. The predicted octanol–water partition coefficient (Wildman–Crippen LogP) is -0.636. The van der Waals surface area contributed by atoms with Gasteiger partial charge in [0.15, 0.2) is 0 Å². The monoisotopic (exact) mass is 310 g/mol. The summed E-state index contributed by atoms with van der Waals surface area (Å²) in [5, 5.41) is 12.6. The summed E-state index contributed by atoms with van der Waals surface area (Å²) < 4.78 is 2.06. The number of hydrogen-bond donors (Lipinski definition) is 2. The maximum Gasteiger partial charge on any atom is 0.209 e. The van der Waals surface area contributed by atoms with Gasteiger partial charge in [0, 0.05) is 13.0 Å². The fraction of sp³-hybridized carbons (Fsp3) is 0.938. The molecule has 0 aliphatic carbocycles. The highest BCUT2D eigenvalue weighted by Crippen LogP contribution is 2.13. The molecule has 0 radical (unpaired) electrons. The van der Waals surface area contributed by atoms with Crippen LogP contribution in [0, 0.1) is 5.92 Å². The molecule has 1 saturated heterocycles. The number of tetrazole rings is 1. The van der Waals surface area contributed by atoms with Crippen LogP contribution in [0.5, 0.6) is 0 Å². The van der Waals surface area contributed by atoms with Crippen molar-refractivity contribution in [3.05, 3.63) is 5.82 Å². The second kappa shape index (κ2) is 8.58. The lowest BCUT2D eigenvalue weighted by atomic mass is 10.1. The van der Waals surface area contributed by atoms with Crippen LogP contribution in [0.25, 0.3) is 0 Å². The molecule has 0 bridgehead atoms. The lowest BCUT2D eigenvalue weighted by Crippen LogP contribution is -3.28. The lowest BCUT2D eigenvalue weighted by molar-refractivity contribution is -1.03. The molecule has 6 heteroatoms. The third kappa shape index (κ3) is 4.49. The zero-order chi connectivity index (χ0) is 15.9. The van der Waals surface area contributed by atoms with Gasteiger partial charge in [0.25, 0.3) is 0 Å². The number of piperazine rings is 1. The topological polar surface area (TPSA) is 52.5 Å². The fourth-order valence-corrected chi connectivity index (χ4v) is 3.43. The largest absolute Gasteiger partial charge is 0.326 e. The Balaban J connectivity index is 2.06. The van der Waals surface area contributed by atoms with Gasteiger partial charge in [-0.15, -0.1) is 5.10 Å². The molecule has 2 heterocycles. The van der Waals surface area contributed by atoms with Gasteiger partial charge in [0.1, 0.15) is 32.2 Å². The van der Waals surface area contributed by atoms with E-state index in [-0.39, 0.29) is 0 Å². The van der Waals surface area contributed by atoms with Gasteiger partial charge in [-0.1, -0.05) is 27.2 Å². The SMILES string of the molecule is CCC[C@@H](c1nnnn1CCC(C)C)[NH+]1CC[NH+](CC)CC1. The van der Waals surface area contributed by atoms with Crippen molar-refractivity contribution in [1.82, 2.24) is 20.2 Å². The molecular formula is C16H34N6+2. The Morgan fingerprint density at radius 3 is 2.41 bits per heavy atom. The molecular weight excluding hydrogens is 276 g/mol. The quantitative estimate of drug-likeness (QED) is 0.672. The van der Waals surface area contributed by atoms with Gasteiger partial charge < -0.3 is 9.80 Å². The molecule has 1 atom stereocenters. The van der Waals surface area contributed by atoms with E-state index in [1.807, 2.05) is 0 Å². The Hall–Kier alpha value is -1.01. The summed E-state index contributed by atoms with van der Waals surface area (Å²) in [5.41, 5.74) is 0. The molecule has 1 fully saturated rings. The molecule has 0 spiro atoms. The van der Waals surface area contributed by atoms with Crippen molar-refractivity contribution in [3.63, 3.8) is 0 Å². The standard InChI is InChI=1S/C16H32N6/c1-5-7-15(21-12-10-20(6-2)11-13-21)16-17-18-19-22(16)9-8-14(3)4/h14-15H,5-13H2,1-4H3/p+2/t15-/m0/s1. The van der Waals surface area contributed by atoms with Gasteiger partial charge in [0.2, 0.25) is 5.82 Å². The zero-order valence-electron chi connectivity index (χ0n) is 14.8. The first-order chi connectivity index (χ1) is 10.7. The summed E-state index contributed by atoms with van der Waals surface area (Å²) in [6.07, 6.45) is 3.51. The van der Waals surface area contributed by atoms with Crippen molar-refractivity contribution in [2.75, 3.05) is 32.7 Å². The van der Waals surface area contributed by atoms with E-state index in [2.05, 4.69) is 47.9 Å². The van der Waals surface area contributed by atoms with Crippen molar-refractivity contribution in [2.45, 2.75) is 59.5 Å². The average Bonchev–Trinajstić information content (AvgIpc) is 2.99. The highest BCUT2D eigenvalue weighted by Gasteiger charge is 2.33. The molecule has 2 N–H and O–H groups in total. The molecule has 22 heavy (non-hydrogen) atoms. The third-order valence-electron chi connectivity index (χ3n) is 4.96. The minimum absolute atomic E-state index is 0.463. The Kier molecular flexibility index (Phi) is 6.76. The van der Waals surface area contributed by atoms with E-state index in [9.17, 15) is 0 Å². The maximum absolute atomic E-state index is 4.40. The molecule has 6 nitrogen and oxygen atoms in total. The molecule has 2 rings (SSSR count). The van der Waals surface area contributed by atoms with E-state index < -0.39 is 0 Å². The Morgan fingerprint density at radius 1 is 1.09 bits per heavy atom. The first-order valence-electron chi connectivity index (χ1n) is 9.09. The molecule has 1 aromatic rings. The number of likely N-dealkylation sites (N-methyl/N-ethyl adjacent to an activating group) is 1. The van der Waals surface area contributed by atoms with E-state index in [1.54, 1.807) is 9.80 Å². The number of aromatic nitrogens is 4. The second-order valence-corrected chi connectivity index (χ2v) is 7.05. The summed E-state index contributed by atoms with van der Waals surface area (Å²) in [6, 6.07) is 0.463. The molecule has 0 aromatic carbocycles. The number of quaternary nitrogens is 2. The molecule has 1 aliphatic heterocycles. The van der Waals surface area contributed by atoms with Crippen LogP contribution in [-0.4, -0.2) is 52.9 Å². The van der Waals surface area contributed by atoms with E-state index in [0.717, 1.165) is 18.8 Å². The Labute approximate surface area is 134 Å². The van der Waals surface area contributed by atoms with Gasteiger partial charge in [0.05, 0.1) is 6.54 Å². The summed E-state index contributed by atoms with van der Waals surface area (Å²) in [6.45, 7) is 16.3. The predicted molar refractivity (Wildman–Crippen MR) is 86.9 cm³/mol. The molecule has 0 saturated carbocycles. The Bertz CT molecular complexity index is 422. The van der Waals surface area contributed by atoms with Gasteiger partial charge in [-0.05, 0) is 29.7 Å². The number of rotatable bonds is 8. The first-order valence-corrected chi connectivity index (χ1v) is 9.09. The number of hydrogen-bond acceptors (Lipinski definition) is 3. The molecule has 126 valence electrons. The highest BCUT2D eigenvalue weighted by molar-refractivity contribution is 4.87. The van der Waals surface area contributed by atoms with Gasteiger partial charge >= 0.3 is 0 Å². The van der Waals surface area contributed by atoms with E-state index in [1.165, 1.54) is 45.6 Å². The van der Waals surface area contributed by atoms with Crippen molar-refractivity contribution in [2.24, 2.45) is 5.92 Å². The summed E-state index contributed by atoms with van der Waals surface area (Å²) in [4.78, 5) is 3.41. The van der Waals surface area contributed by atoms with Gasteiger partial charge in [-0.3, -0.25) is 0 Å². The van der Waals surface area contributed by atoms with E-state index in [0.29, 0.717) is 12.0 Å². The van der Waals surface area contributed by atoms with Crippen LogP contribution in [0.2, 0.25) is 0 Å². The van der Waals surface area contributed by atoms with Crippen molar-refractivity contribution < 1.29 is 9.80 Å². The zero-order valence-corrected chi connectivity index (χ0v) is 14.8. The van der Waals surface area contributed by atoms with Crippen LogP contribution >= 0.6 is 0 Å². The highest BCUT2D eigenvalue weighted by atomic mass is 15.5. The third-order valence-corrected chi connectivity index (χ3v) is 4.96. The average molecular weight is 310 g/mol. The Morgan fingerprint density at radius 2 is 1.82 bits per heavy atom. The van der Waals surface area contributed by atoms with Crippen LogP contribution in [0.3, 0.4) is 0 Å². The van der Waals surface area contributed by atoms with Crippen molar-refractivity contribution in [3.8, 4) is 0 Å². The van der Waals surface area contributed by atoms with Crippen molar-refractivity contribution in [1.29, 1.82) is 0 Å². The minimum Gasteiger partial charge on any atom is -0.326 e. The van der Waals surface area contributed by atoms with Crippen LogP contribution in [-0.2, 0) is 6.54 Å². The van der Waals surface area contributed by atoms with Crippen molar-refractivity contribution >= 4 is 0 Å². The van der Waals surface area contributed by atoms with Crippen LogP contribution in [0.15, 0.2) is 0 Å². The normalized spacial score (nSPS) is 23.9. The molecule has 1 aromatic heterocycles. The smallest absolute Gasteiger partial charge is 0.209 e. The van der Waals surface area contributed by atoms with Crippen LogP contribution in [0.1, 0.15) is 58.8 Å². The summed E-state index contributed by atoms with van der Waals surface area (Å²) >= 11 is 0. The number of nitrogens with zero attached hydrogens (tertiary/aromatic N) is 4. The van der Waals surface area contributed by atoms with Gasteiger partial charge in [-0.25, -0.2) is 4.68 Å². The van der Waals surface area contributed by atoms with E-state index in [4.69, 9.17) is 0 Å².